The molecular formula is C19H25N5O3S. The van der Waals surface area contributed by atoms with E-state index in [1.54, 1.807) is 22.3 Å². The summed E-state index contributed by atoms with van der Waals surface area (Å²) in [7, 11) is 0. The third kappa shape index (κ3) is 4.10. The van der Waals surface area contributed by atoms with Gasteiger partial charge in [-0.1, -0.05) is 0 Å². The largest absolute Gasteiger partial charge is 0.378 e. The number of nitrogens with one attached hydrogen (secondary N) is 1. The first-order chi connectivity index (χ1) is 13.6. The number of aromatic amines is 1. The van der Waals surface area contributed by atoms with Crippen LogP contribution in [0.2, 0.25) is 0 Å². The number of aryl methyl sites for hydroxylation is 1. The minimum absolute atomic E-state index is 0.0697. The molecule has 1 N–H and O–H groups in total. The summed E-state index contributed by atoms with van der Waals surface area (Å²) in [6, 6.07) is 1.74. The molecule has 8 nitrogen and oxygen atoms in total. The van der Waals surface area contributed by atoms with E-state index in [1.165, 1.54) is 0 Å². The van der Waals surface area contributed by atoms with Gasteiger partial charge in [0.15, 0.2) is 0 Å². The molecule has 2 fully saturated rings. The van der Waals surface area contributed by atoms with E-state index in [0.29, 0.717) is 38.4 Å². The lowest BCUT2D eigenvalue weighted by Crippen LogP contribution is -2.41. The Kier molecular flexibility index (Phi) is 5.72. The SMILES string of the molecule is Cc1nc(CC(=O)N2CCCCC2c2cc(C(=O)N3CCOCC3)n[nH]2)cs1. The van der Waals surface area contributed by atoms with Gasteiger partial charge >= 0.3 is 0 Å². The fourth-order valence-corrected chi connectivity index (χ4v) is 4.46. The minimum atomic E-state index is -0.0857. The molecule has 2 aromatic heterocycles. The van der Waals surface area contributed by atoms with Crippen molar-refractivity contribution in [3.8, 4) is 0 Å². The Hall–Kier alpha value is -2.26. The van der Waals surface area contributed by atoms with E-state index >= 15 is 0 Å². The Balaban J connectivity index is 1.47. The molecule has 2 amide bonds. The first-order valence-corrected chi connectivity index (χ1v) is 10.6. The molecule has 0 radical (unpaired) electrons. The summed E-state index contributed by atoms with van der Waals surface area (Å²) in [5, 5.41) is 10.2. The Morgan fingerprint density at radius 1 is 1.29 bits per heavy atom. The van der Waals surface area contributed by atoms with Crippen LogP contribution in [0.15, 0.2) is 11.4 Å². The maximum absolute atomic E-state index is 12.9. The Bertz CT molecular complexity index is 842. The Labute approximate surface area is 167 Å². The fourth-order valence-electron chi connectivity index (χ4n) is 3.84. The van der Waals surface area contributed by atoms with Crippen LogP contribution in [0.4, 0.5) is 0 Å². The molecule has 1 unspecified atom stereocenters. The van der Waals surface area contributed by atoms with Crippen LogP contribution >= 0.6 is 11.3 Å². The van der Waals surface area contributed by atoms with Crippen LogP contribution < -0.4 is 0 Å². The monoisotopic (exact) mass is 403 g/mol. The number of piperidine rings is 1. The number of hydrogen-bond acceptors (Lipinski definition) is 6. The number of aromatic nitrogens is 3. The molecular weight excluding hydrogens is 378 g/mol. The molecule has 4 rings (SSSR count). The van der Waals surface area contributed by atoms with Crippen molar-refractivity contribution in [1.82, 2.24) is 25.0 Å². The van der Waals surface area contributed by atoms with Crippen LogP contribution in [0.1, 0.15) is 52.2 Å². The standard InChI is InChI=1S/C19H25N5O3S/c1-13-20-14(12-28-13)10-18(25)24-5-3-2-4-17(24)15-11-16(22-21-15)19(26)23-6-8-27-9-7-23/h11-12,17H,2-10H2,1H3,(H,21,22). The molecule has 28 heavy (non-hydrogen) atoms. The number of nitrogens with zero attached hydrogens (tertiary/aromatic N) is 4. The van der Waals surface area contributed by atoms with Crippen molar-refractivity contribution >= 4 is 23.2 Å². The number of carbonyl (C=O) groups is 2. The summed E-state index contributed by atoms with van der Waals surface area (Å²) in [4.78, 5) is 33.7. The van der Waals surface area contributed by atoms with Crippen molar-refractivity contribution in [2.24, 2.45) is 0 Å². The lowest BCUT2D eigenvalue weighted by Gasteiger charge is -2.35. The quantitative estimate of drug-likeness (QED) is 0.842. The van der Waals surface area contributed by atoms with Crippen molar-refractivity contribution in [3.05, 3.63) is 33.5 Å². The summed E-state index contributed by atoms with van der Waals surface area (Å²) < 4.78 is 5.31. The van der Waals surface area contributed by atoms with Gasteiger partial charge in [-0.05, 0) is 32.3 Å². The lowest BCUT2D eigenvalue weighted by molar-refractivity contribution is -0.134. The second-order valence-electron chi connectivity index (χ2n) is 7.25. The molecule has 1 atom stereocenters. The second kappa shape index (κ2) is 8.40. The average molecular weight is 404 g/mol. The van der Waals surface area contributed by atoms with Crippen molar-refractivity contribution in [3.63, 3.8) is 0 Å². The van der Waals surface area contributed by atoms with E-state index in [1.807, 2.05) is 17.2 Å². The van der Waals surface area contributed by atoms with Gasteiger partial charge in [-0.25, -0.2) is 4.98 Å². The molecule has 150 valence electrons. The number of rotatable bonds is 4. The predicted octanol–water partition coefficient (Wildman–Crippen LogP) is 1.94. The van der Waals surface area contributed by atoms with E-state index in [9.17, 15) is 9.59 Å². The van der Waals surface area contributed by atoms with E-state index in [0.717, 1.165) is 42.2 Å². The smallest absolute Gasteiger partial charge is 0.274 e. The van der Waals surface area contributed by atoms with Crippen LogP contribution in [0.3, 0.4) is 0 Å². The third-order valence-corrected chi connectivity index (χ3v) is 6.12. The molecule has 0 bridgehead atoms. The van der Waals surface area contributed by atoms with Crippen LogP contribution in [0.5, 0.6) is 0 Å². The van der Waals surface area contributed by atoms with Gasteiger partial charge in [0.25, 0.3) is 5.91 Å². The number of likely N-dealkylation sites (tertiary alicyclic amines) is 1. The predicted molar refractivity (Wildman–Crippen MR) is 104 cm³/mol. The summed E-state index contributed by atoms with van der Waals surface area (Å²) in [5.41, 5.74) is 2.06. The maximum atomic E-state index is 12.9. The van der Waals surface area contributed by atoms with Gasteiger partial charge in [0, 0.05) is 25.0 Å². The summed E-state index contributed by atoms with van der Waals surface area (Å²) in [5.74, 6) is -0.0110. The normalized spacial score (nSPS) is 20.4. The van der Waals surface area contributed by atoms with Crippen molar-refractivity contribution in [1.29, 1.82) is 0 Å². The zero-order chi connectivity index (χ0) is 19.5. The Morgan fingerprint density at radius 2 is 2.11 bits per heavy atom. The van der Waals surface area contributed by atoms with Gasteiger partial charge in [0.05, 0.1) is 42.1 Å². The molecule has 4 heterocycles. The number of morpholine rings is 1. The van der Waals surface area contributed by atoms with Gasteiger partial charge in [-0.15, -0.1) is 11.3 Å². The van der Waals surface area contributed by atoms with Crippen molar-refractivity contribution in [2.45, 2.75) is 38.6 Å². The van der Waals surface area contributed by atoms with Gasteiger partial charge in [0.2, 0.25) is 5.91 Å². The van der Waals surface area contributed by atoms with Gasteiger partial charge in [0.1, 0.15) is 5.69 Å². The molecule has 2 saturated heterocycles. The highest BCUT2D eigenvalue weighted by atomic mass is 32.1. The molecule has 0 spiro atoms. The number of H-pyrrole nitrogens is 1. The zero-order valence-corrected chi connectivity index (χ0v) is 16.8. The van der Waals surface area contributed by atoms with E-state index in [4.69, 9.17) is 4.74 Å². The zero-order valence-electron chi connectivity index (χ0n) is 16.0. The number of ether oxygens (including phenoxy) is 1. The van der Waals surface area contributed by atoms with Crippen LogP contribution in [0.25, 0.3) is 0 Å². The summed E-state index contributed by atoms with van der Waals surface area (Å²) in [6.45, 7) is 4.95. The van der Waals surface area contributed by atoms with Crippen LogP contribution in [-0.4, -0.2) is 69.6 Å². The van der Waals surface area contributed by atoms with Gasteiger partial charge < -0.3 is 14.5 Å². The summed E-state index contributed by atoms with van der Waals surface area (Å²) in [6.07, 6.45) is 3.23. The third-order valence-electron chi connectivity index (χ3n) is 5.30. The molecule has 9 heteroatoms. The van der Waals surface area contributed by atoms with Gasteiger partial charge in [-0.2, -0.15) is 5.10 Å². The summed E-state index contributed by atoms with van der Waals surface area (Å²) >= 11 is 1.56. The first kappa shape index (κ1) is 19.1. The first-order valence-electron chi connectivity index (χ1n) is 9.74. The fraction of sp³-hybridized carbons (Fsp3) is 0.579. The van der Waals surface area contributed by atoms with Crippen LogP contribution in [0, 0.1) is 6.92 Å². The number of carbonyl (C=O) groups excluding carboxylic acids is 2. The van der Waals surface area contributed by atoms with Crippen LogP contribution in [-0.2, 0) is 16.0 Å². The van der Waals surface area contributed by atoms with Crippen molar-refractivity contribution in [2.75, 3.05) is 32.8 Å². The number of amides is 2. The van der Waals surface area contributed by atoms with Crippen molar-refractivity contribution < 1.29 is 14.3 Å². The number of hydrogen-bond donors (Lipinski definition) is 1. The molecule has 0 saturated carbocycles. The average Bonchev–Trinajstić information content (AvgIpc) is 3.37. The molecule has 2 aliphatic heterocycles. The topological polar surface area (TPSA) is 91.4 Å². The number of thiazole rings is 1. The molecule has 0 aromatic carbocycles. The minimum Gasteiger partial charge on any atom is -0.378 e. The molecule has 0 aliphatic carbocycles. The highest BCUT2D eigenvalue weighted by molar-refractivity contribution is 7.09. The second-order valence-corrected chi connectivity index (χ2v) is 8.31. The van der Waals surface area contributed by atoms with E-state index < -0.39 is 0 Å². The molecule has 2 aromatic rings. The lowest BCUT2D eigenvalue weighted by atomic mass is 9.98. The highest BCUT2D eigenvalue weighted by Crippen LogP contribution is 2.31. The van der Waals surface area contributed by atoms with Gasteiger partial charge in [-0.3, -0.25) is 14.7 Å². The maximum Gasteiger partial charge on any atom is 0.274 e. The highest BCUT2D eigenvalue weighted by Gasteiger charge is 2.31. The Morgan fingerprint density at radius 3 is 2.86 bits per heavy atom. The van der Waals surface area contributed by atoms with E-state index in [2.05, 4.69) is 15.2 Å². The van der Waals surface area contributed by atoms with E-state index in [-0.39, 0.29) is 17.9 Å². The molecule has 2 aliphatic rings.